The molecule has 15 N–H and O–H groups in total. The van der Waals surface area contributed by atoms with E-state index in [1.807, 2.05) is 20.2 Å². The van der Waals surface area contributed by atoms with Gasteiger partial charge < -0.3 is 72.9 Å². The molecule has 0 atom stereocenters. The van der Waals surface area contributed by atoms with Gasteiger partial charge in [-0.3, -0.25) is 43.2 Å². The van der Waals surface area contributed by atoms with Crippen LogP contribution in [-0.2, 0) is 17.9 Å². The number of carbonyl (C=O) groups is 9. The fraction of sp³-hybridized carbons (Fsp3) is 0.204. The molecular formula is C54H53Br2Cl3N18O9. The number of anilines is 2. The highest BCUT2D eigenvalue weighted by Gasteiger charge is 2.32. The van der Waals surface area contributed by atoms with Crippen LogP contribution in [0.5, 0.6) is 0 Å². The maximum absolute atomic E-state index is 12.1. The van der Waals surface area contributed by atoms with Gasteiger partial charge in [-0.2, -0.15) is 0 Å². The molecule has 0 fully saturated rings. The highest BCUT2D eigenvalue weighted by molar-refractivity contribution is 9.13. The van der Waals surface area contributed by atoms with Crippen molar-refractivity contribution >= 4 is 131 Å². The number of alkyl halides is 3. The van der Waals surface area contributed by atoms with Crippen molar-refractivity contribution in [2.75, 3.05) is 45.2 Å². The Morgan fingerprint density at radius 1 is 0.663 bits per heavy atom. The number of Topliss-reactive ketones (excluding diaryl/α,β-unsaturated/α-hetero) is 4. The quantitative estimate of drug-likeness (QED) is 0.0506. The Bertz CT molecular complexity index is 3830. The van der Waals surface area contributed by atoms with Crippen molar-refractivity contribution in [1.29, 1.82) is 0 Å². The molecule has 0 bridgehead atoms. The zero-order valence-corrected chi connectivity index (χ0v) is 51.0. The van der Waals surface area contributed by atoms with Gasteiger partial charge in [0.2, 0.25) is 17.7 Å². The van der Waals surface area contributed by atoms with Crippen LogP contribution in [0, 0.1) is 0 Å². The molecule has 27 nitrogen and oxygen atoms in total. The van der Waals surface area contributed by atoms with Crippen LogP contribution in [0.2, 0.25) is 0 Å². The molecule has 0 aromatic carbocycles. The third kappa shape index (κ3) is 16.4. The Morgan fingerprint density at radius 3 is 1.74 bits per heavy atom. The maximum atomic E-state index is 12.1. The molecule has 32 heteroatoms. The number of H-pyrrole nitrogens is 6. The summed E-state index contributed by atoms with van der Waals surface area (Å²) in [4.78, 5) is 138. The minimum Gasteiger partial charge on any atom is -0.383 e. The monoisotopic (exact) mass is 1360 g/mol. The Labute approximate surface area is 520 Å². The van der Waals surface area contributed by atoms with Gasteiger partial charge in [-0.05, 0) is 81.2 Å². The smallest absolute Gasteiger partial charge is 0.268 e. The van der Waals surface area contributed by atoms with Crippen LogP contribution >= 0.6 is 66.7 Å². The topological polar surface area (TPSA) is 415 Å². The van der Waals surface area contributed by atoms with Gasteiger partial charge in [-0.1, -0.05) is 34.8 Å². The van der Waals surface area contributed by atoms with E-state index in [1.54, 1.807) is 90.9 Å². The molecule has 5 amide bonds. The Kier molecular flexibility index (Phi) is 21.8. The molecule has 0 saturated carbocycles. The van der Waals surface area contributed by atoms with Crippen molar-refractivity contribution in [3.8, 4) is 22.5 Å². The number of aromatic nitrogens is 10. The molecule has 4 aliphatic rings. The first kappa shape index (κ1) is 64.4. The van der Waals surface area contributed by atoms with E-state index in [9.17, 15) is 43.2 Å². The summed E-state index contributed by atoms with van der Waals surface area (Å²) in [6, 6.07) is 11.7. The van der Waals surface area contributed by atoms with Crippen LogP contribution in [0.3, 0.4) is 0 Å². The van der Waals surface area contributed by atoms with Gasteiger partial charge in [0.1, 0.15) is 34.3 Å². The summed E-state index contributed by atoms with van der Waals surface area (Å²) in [6.45, 7) is 3.38. The Hall–Kier alpha value is -9.16. The SMILES string of the molecule is CC(=O)CCNC(=O)c1ccc[nH]1.CN(C)/C=C1\CNC(=O)c2[nH]ccc2C1=O.Nc1ncc2c(n1)-c1c([nH]c(Br)c1Br)C(=O)NC2.Nc1ncc2c(n1)-c1cc[nH]c1C(=O)NC2.O=C(c1ccc[nH]1)C(Cl)(Cl)Cl.O=C1CCNC(=O)c2[nH]ccc21. The van der Waals surface area contributed by atoms with Crippen molar-refractivity contribution in [1.82, 2.24) is 81.3 Å². The van der Waals surface area contributed by atoms with Crippen molar-refractivity contribution < 1.29 is 43.2 Å². The number of hydrogen-bond donors (Lipinski definition) is 13. The van der Waals surface area contributed by atoms with E-state index in [4.69, 9.17) is 46.3 Å². The first-order valence-electron chi connectivity index (χ1n) is 25.5. The highest BCUT2D eigenvalue weighted by Crippen LogP contribution is 2.39. The molecule has 0 aliphatic carbocycles. The fourth-order valence-corrected chi connectivity index (χ4v) is 9.38. The minimum atomic E-state index is -1.87. The van der Waals surface area contributed by atoms with E-state index in [0.717, 1.165) is 21.2 Å². The third-order valence-corrected chi connectivity index (χ3v) is 14.7. The average molecular weight is 1360 g/mol. The average Bonchev–Trinajstić information content (AvgIpc) is 3.24. The molecule has 8 aromatic rings. The highest BCUT2D eigenvalue weighted by atomic mass is 79.9. The lowest BCUT2D eigenvalue weighted by Gasteiger charge is -2.08. The molecular weight excluding hydrogens is 1310 g/mol. The fourth-order valence-electron chi connectivity index (χ4n) is 8.20. The lowest BCUT2D eigenvalue weighted by molar-refractivity contribution is -0.116. The molecule has 0 saturated heterocycles. The lowest BCUT2D eigenvalue weighted by atomic mass is 10.1. The van der Waals surface area contributed by atoms with E-state index in [-0.39, 0.29) is 65.3 Å². The van der Waals surface area contributed by atoms with Gasteiger partial charge in [0.25, 0.3) is 33.3 Å². The molecule has 0 unspecified atom stereocenters. The normalized spacial score (nSPS) is 14.0. The number of nitrogen functional groups attached to an aromatic ring is 2. The number of hydrogen-bond acceptors (Lipinski definition) is 16. The van der Waals surface area contributed by atoms with Crippen LogP contribution in [-0.4, -0.2) is 145 Å². The summed E-state index contributed by atoms with van der Waals surface area (Å²) in [5, 5.41) is 13.5. The predicted molar refractivity (Wildman–Crippen MR) is 325 cm³/mol. The molecule has 4 aliphatic heterocycles. The zero-order chi connectivity index (χ0) is 62.4. The standard InChI is InChI=1S/C11H13N3O2.C10H7Br2N5O.C10H9N5O.C9H12N2O2.C8H8N2O2.C6H4Cl3NO/c1-14(2)6-7-5-13-11(16)9-8(10(7)15)3-4-12-9;11-5-4-6-3(2-15-10(13)17-6)1-14-9(18)7(4)16-8(5)12;11-10-14-4-5-3-13-9(16)8-6(1-2-12-8)7(5)15-10;1-7(12)4-6-11-9(13)8-3-2-5-10-8;11-6-2-4-10-8(12)7-5(6)1-3-9-7;7-6(8,9)5(11)4-2-1-3-10-4/h3-4,6,12H,5H2,1-2H3,(H,13,16);2,16H,1H2,(H,14,18)(H2,13,15,17);1-2,4,12H,3H2,(H,13,16)(H2,11,14,15);2-3,5,10H,4,6H2,1H3,(H,11,13);1,3,9H,2,4H2,(H,10,12);1-3,10H/b7-6+;;;;;. The third-order valence-electron chi connectivity index (χ3n) is 12.2. The number of ketones is 4. The van der Waals surface area contributed by atoms with E-state index in [2.05, 4.69) is 108 Å². The first-order chi connectivity index (χ1) is 40.9. The number of halogens is 5. The van der Waals surface area contributed by atoms with Crippen molar-refractivity contribution in [2.24, 2.45) is 0 Å². The molecule has 0 radical (unpaired) electrons. The second kappa shape index (κ2) is 29.1. The molecule has 8 aromatic heterocycles. The van der Waals surface area contributed by atoms with Gasteiger partial charge in [0.05, 0.1) is 31.7 Å². The number of aromatic amines is 6. The largest absolute Gasteiger partial charge is 0.383 e. The number of nitrogens with zero attached hydrogens (tertiary/aromatic N) is 5. The van der Waals surface area contributed by atoms with Crippen LogP contribution < -0.4 is 38.1 Å². The Morgan fingerprint density at radius 2 is 1.17 bits per heavy atom. The summed E-state index contributed by atoms with van der Waals surface area (Å²) < 4.78 is -0.438. The summed E-state index contributed by atoms with van der Waals surface area (Å²) in [7, 11) is 3.68. The molecule has 12 rings (SSSR count). The molecule has 0 spiro atoms. The van der Waals surface area contributed by atoms with E-state index in [1.165, 1.54) is 6.92 Å². The summed E-state index contributed by atoms with van der Waals surface area (Å²) in [5.41, 5.74) is 19.7. The molecule has 86 heavy (non-hydrogen) atoms. The van der Waals surface area contributed by atoms with Gasteiger partial charge in [0, 0.05) is 143 Å². The van der Waals surface area contributed by atoms with Gasteiger partial charge in [-0.15, -0.1) is 0 Å². The van der Waals surface area contributed by atoms with Gasteiger partial charge in [0.15, 0.2) is 11.6 Å². The number of amides is 5. The van der Waals surface area contributed by atoms with Crippen molar-refractivity contribution in [2.45, 2.75) is 36.6 Å². The number of carbonyl (C=O) groups excluding carboxylic acids is 9. The van der Waals surface area contributed by atoms with Crippen LogP contribution in [0.4, 0.5) is 11.9 Å². The van der Waals surface area contributed by atoms with Gasteiger partial charge in [-0.25, -0.2) is 19.9 Å². The number of nitrogens with one attached hydrogen (secondary N) is 11. The lowest BCUT2D eigenvalue weighted by Crippen LogP contribution is -2.25. The summed E-state index contributed by atoms with van der Waals surface area (Å²) in [6.07, 6.45) is 13.9. The number of rotatable bonds is 6. The number of nitrogens with two attached hydrogens (primary N) is 2. The maximum Gasteiger partial charge on any atom is 0.268 e. The number of fused-ring (bicyclic) bond motifs is 8. The van der Waals surface area contributed by atoms with Crippen molar-refractivity contribution in [3.63, 3.8) is 0 Å². The minimum absolute atomic E-state index is 0.0181. The second-order valence-corrected chi connectivity index (χ2v) is 22.5. The van der Waals surface area contributed by atoms with Gasteiger partial charge >= 0.3 is 0 Å². The van der Waals surface area contributed by atoms with Crippen LogP contribution in [0.1, 0.15) is 115 Å². The summed E-state index contributed by atoms with van der Waals surface area (Å²) in [5.74, 6) is -1.11. The Balaban J connectivity index is 0.000000149. The summed E-state index contributed by atoms with van der Waals surface area (Å²) >= 11 is 22.8. The van der Waals surface area contributed by atoms with E-state index in [0.29, 0.717) is 111 Å². The molecule has 448 valence electrons. The predicted octanol–water partition coefficient (Wildman–Crippen LogP) is 6.13. The molecule has 12 heterocycles. The van der Waals surface area contributed by atoms with E-state index >= 15 is 0 Å². The second-order valence-electron chi connectivity index (χ2n) is 18.6. The zero-order valence-electron chi connectivity index (χ0n) is 45.6. The van der Waals surface area contributed by atoms with Crippen molar-refractivity contribution in [3.05, 3.63) is 163 Å². The first-order valence-corrected chi connectivity index (χ1v) is 28.2. The van der Waals surface area contributed by atoms with Crippen LogP contribution in [0.15, 0.2) is 107 Å². The van der Waals surface area contributed by atoms with Crippen LogP contribution in [0.25, 0.3) is 22.5 Å². The van der Waals surface area contributed by atoms with E-state index < -0.39 is 9.58 Å².